The van der Waals surface area contributed by atoms with Gasteiger partial charge in [-0.2, -0.15) is 10.2 Å². The fourth-order valence-corrected chi connectivity index (χ4v) is 4.64. The lowest BCUT2D eigenvalue weighted by Crippen LogP contribution is -2.40. The van der Waals surface area contributed by atoms with Gasteiger partial charge in [0, 0.05) is 26.7 Å². The van der Waals surface area contributed by atoms with E-state index >= 15 is 0 Å². The van der Waals surface area contributed by atoms with Gasteiger partial charge >= 0.3 is 5.69 Å². The van der Waals surface area contributed by atoms with E-state index in [0.717, 1.165) is 38.2 Å². The quantitative estimate of drug-likeness (QED) is 0.477. The van der Waals surface area contributed by atoms with E-state index in [1.54, 1.807) is 31.3 Å². The summed E-state index contributed by atoms with van der Waals surface area (Å²) in [5, 5.41) is 12.9. The highest BCUT2D eigenvalue weighted by molar-refractivity contribution is 5.75. The predicted octanol–water partition coefficient (Wildman–Crippen LogP) is 1.66. The molecule has 0 aliphatic carbocycles. The second-order valence-corrected chi connectivity index (χ2v) is 8.75. The number of nitriles is 1. The third-order valence-corrected chi connectivity index (χ3v) is 6.49. The lowest BCUT2D eigenvalue weighted by Gasteiger charge is -2.22. The zero-order chi connectivity index (χ0) is 24.4. The van der Waals surface area contributed by atoms with Crippen LogP contribution in [0.4, 0.5) is 5.95 Å². The van der Waals surface area contributed by atoms with E-state index in [0.29, 0.717) is 34.8 Å². The second-order valence-electron chi connectivity index (χ2n) is 8.75. The first-order valence-electron chi connectivity index (χ1n) is 11.8. The topological polar surface area (TPSA) is 101 Å². The molecule has 2 aromatic heterocycles. The predicted molar refractivity (Wildman–Crippen MR) is 135 cm³/mol. The van der Waals surface area contributed by atoms with Crippen molar-refractivity contribution in [3.63, 3.8) is 0 Å². The van der Waals surface area contributed by atoms with Crippen LogP contribution in [0.25, 0.3) is 11.2 Å². The molecule has 1 aliphatic heterocycles. The van der Waals surface area contributed by atoms with Crippen LogP contribution in [0.2, 0.25) is 0 Å². The van der Waals surface area contributed by atoms with Gasteiger partial charge in [-0.25, -0.2) is 4.79 Å². The summed E-state index contributed by atoms with van der Waals surface area (Å²) < 4.78 is 4.58. The fraction of sp³-hybridized carbons (Fsp3) is 0.308. The maximum Gasteiger partial charge on any atom is 0.332 e. The minimum Gasteiger partial charge on any atom is -0.341 e. The molecular formula is C26H27N7O2. The Hall–Kier alpha value is -4.16. The third-order valence-electron chi connectivity index (χ3n) is 6.49. The van der Waals surface area contributed by atoms with Gasteiger partial charge in [0.2, 0.25) is 5.95 Å². The van der Waals surface area contributed by atoms with Gasteiger partial charge < -0.3 is 10.2 Å². The Morgan fingerprint density at radius 1 is 0.971 bits per heavy atom. The summed E-state index contributed by atoms with van der Waals surface area (Å²) in [7, 11) is 1.64. The highest BCUT2D eigenvalue weighted by Crippen LogP contribution is 2.22. The normalized spacial score (nSPS) is 14.1. The van der Waals surface area contributed by atoms with Gasteiger partial charge in [-0.3, -0.25) is 18.5 Å². The van der Waals surface area contributed by atoms with E-state index in [1.165, 1.54) is 9.13 Å². The third kappa shape index (κ3) is 4.24. The van der Waals surface area contributed by atoms with Crippen LogP contribution >= 0.6 is 0 Å². The van der Waals surface area contributed by atoms with E-state index in [-0.39, 0.29) is 6.54 Å². The minimum atomic E-state index is -0.455. The van der Waals surface area contributed by atoms with Crippen LogP contribution in [0.3, 0.4) is 0 Å². The minimum absolute atomic E-state index is 0.0185. The number of nitrogens with one attached hydrogen (secondary N) is 1. The molecule has 4 aromatic rings. The Morgan fingerprint density at radius 3 is 2.54 bits per heavy atom. The Bertz CT molecular complexity index is 1520. The lowest BCUT2D eigenvalue weighted by atomic mass is 10.1. The molecule has 1 saturated heterocycles. The zero-order valence-electron chi connectivity index (χ0n) is 19.6. The van der Waals surface area contributed by atoms with E-state index in [1.807, 2.05) is 34.9 Å². The van der Waals surface area contributed by atoms with Crippen LogP contribution in [-0.2, 0) is 20.1 Å². The molecule has 0 spiro atoms. The molecule has 0 bridgehead atoms. The van der Waals surface area contributed by atoms with Crippen molar-refractivity contribution in [3.8, 4) is 6.07 Å². The summed E-state index contributed by atoms with van der Waals surface area (Å²) in [6.45, 7) is 3.80. The van der Waals surface area contributed by atoms with Gasteiger partial charge in [-0.1, -0.05) is 48.5 Å². The molecule has 178 valence electrons. The van der Waals surface area contributed by atoms with Crippen molar-refractivity contribution in [2.45, 2.75) is 19.5 Å². The Kier molecular flexibility index (Phi) is 6.21. The Morgan fingerprint density at radius 2 is 1.74 bits per heavy atom. The van der Waals surface area contributed by atoms with Crippen molar-refractivity contribution in [3.05, 3.63) is 92.1 Å². The number of aryl methyl sites for hydroxylation is 1. The standard InChI is InChI=1S/C26H27N7O2/c1-30-23-22(24(34)33(26(30)35)18-21-11-6-5-10-20(21)16-27)32(17-19-8-3-2-4-9-19)25(29-23)31-14-7-12-28-13-15-31/h2-6,8-11,28H,7,12-15,17-18H2,1H3. The molecule has 0 saturated carbocycles. The van der Waals surface area contributed by atoms with E-state index in [9.17, 15) is 14.9 Å². The first-order valence-corrected chi connectivity index (χ1v) is 11.8. The van der Waals surface area contributed by atoms with Crippen molar-refractivity contribution in [2.24, 2.45) is 7.05 Å². The first-order chi connectivity index (χ1) is 17.1. The number of hydrogen-bond acceptors (Lipinski definition) is 6. The van der Waals surface area contributed by atoms with Crippen molar-refractivity contribution < 1.29 is 0 Å². The summed E-state index contributed by atoms with van der Waals surface area (Å²) in [4.78, 5) is 34.2. The molecule has 1 aliphatic rings. The molecule has 1 N–H and O–H groups in total. The smallest absolute Gasteiger partial charge is 0.332 e. The zero-order valence-corrected chi connectivity index (χ0v) is 19.6. The van der Waals surface area contributed by atoms with Crippen LogP contribution in [0.15, 0.2) is 64.2 Å². The van der Waals surface area contributed by atoms with Crippen LogP contribution < -0.4 is 21.5 Å². The molecule has 2 aromatic carbocycles. The number of rotatable bonds is 5. The maximum atomic E-state index is 13.9. The Balaban J connectivity index is 1.73. The molecule has 1 fully saturated rings. The van der Waals surface area contributed by atoms with E-state index in [2.05, 4.69) is 16.3 Å². The van der Waals surface area contributed by atoms with Crippen molar-refractivity contribution in [1.29, 1.82) is 5.26 Å². The molecule has 5 rings (SSSR count). The highest BCUT2D eigenvalue weighted by Gasteiger charge is 2.24. The number of benzene rings is 2. The van der Waals surface area contributed by atoms with Crippen LogP contribution in [0.5, 0.6) is 0 Å². The number of anilines is 1. The van der Waals surface area contributed by atoms with E-state index in [4.69, 9.17) is 4.98 Å². The average Bonchev–Trinajstić information content (AvgIpc) is 3.05. The molecule has 0 atom stereocenters. The maximum absolute atomic E-state index is 13.9. The molecule has 0 amide bonds. The average molecular weight is 470 g/mol. The summed E-state index contributed by atoms with van der Waals surface area (Å²) >= 11 is 0. The number of imidazole rings is 1. The van der Waals surface area contributed by atoms with Gasteiger partial charge in [0.05, 0.1) is 24.7 Å². The molecule has 9 heteroatoms. The highest BCUT2D eigenvalue weighted by atomic mass is 16.2. The number of aromatic nitrogens is 4. The summed E-state index contributed by atoms with van der Waals surface area (Å²) in [5.74, 6) is 0.690. The van der Waals surface area contributed by atoms with E-state index < -0.39 is 11.2 Å². The van der Waals surface area contributed by atoms with Crippen LogP contribution in [0, 0.1) is 11.3 Å². The monoisotopic (exact) mass is 469 g/mol. The van der Waals surface area contributed by atoms with Gasteiger partial charge in [0.25, 0.3) is 5.56 Å². The number of hydrogen-bond donors (Lipinski definition) is 1. The van der Waals surface area contributed by atoms with Crippen molar-refractivity contribution in [1.82, 2.24) is 24.0 Å². The number of fused-ring (bicyclic) bond motifs is 1. The van der Waals surface area contributed by atoms with Crippen molar-refractivity contribution >= 4 is 17.1 Å². The lowest BCUT2D eigenvalue weighted by molar-refractivity contribution is 0.652. The first kappa shape index (κ1) is 22.6. The molecule has 0 unspecified atom stereocenters. The summed E-state index contributed by atoms with van der Waals surface area (Å²) in [6, 6.07) is 19.1. The van der Waals surface area contributed by atoms with Gasteiger partial charge in [0.1, 0.15) is 0 Å². The molecule has 9 nitrogen and oxygen atoms in total. The SMILES string of the molecule is Cn1c(=O)n(Cc2ccccc2C#N)c(=O)c2c1nc(N1CCCNCC1)n2Cc1ccccc1. The van der Waals surface area contributed by atoms with Gasteiger partial charge in [0.15, 0.2) is 11.2 Å². The largest absolute Gasteiger partial charge is 0.341 e. The van der Waals surface area contributed by atoms with Gasteiger partial charge in [-0.15, -0.1) is 0 Å². The fourth-order valence-electron chi connectivity index (χ4n) is 4.64. The summed E-state index contributed by atoms with van der Waals surface area (Å²) in [5.41, 5.74) is 2.00. The van der Waals surface area contributed by atoms with Crippen molar-refractivity contribution in [2.75, 3.05) is 31.1 Å². The second kappa shape index (κ2) is 9.60. The number of nitrogens with zero attached hydrogens (tertiary/aromatic N) is 6. The molecule has 35 heavy (non-hydrogen) atoms. The van der Waals surface area contributed by atoms with Gasteiger partial charge in [-0.05, 0) is 30.2 Å². The Labute approximate surface area is 202 Å². The van der Waals surface area contributed by atoms with Crippen LogP contribution in [-0.4, -0.2) is 44.9 Å². The molecule has 3 heterocycles. The van der Waals surface area contributed by atoms with Crippen LogP contribution in [0.1, 0.15) is 23.1 Å². The molecular weight excluding hydrogens is 442 g/mol. The molecule has 0 radical (unpaired) electrons. The summed E-state index contributed by atoms with van der Waals surface area (Å²) in [6.07, 6.45) is 0.961.